The summed E-state index contributed by atoms with van der Waals surface area (Å²) in [5.41, 5.74) is 8.45. The molecule has 4 aromatic rings. The first-order valence-electron chi connectivity index (χ1n) is 12.1. The van der Waals surface area contributed by atoms with Gasteiger partial charge in [0.1, 0.15) is 11.9 Å². The predicted molar refractivity (Wildman–Crippen MR) is 148 cm³/mol. The molecule has 0 aliphatic carbocycles. The van der Waals surface area contributed by atoms with Crippen LogP contribution in [0.15, 0.2) is 95.9 Å². The number of rotatable bonds is 10. The third-order valence-corrected chi connectivity index (χ3v) is 7.60. The highest BCUT2D eigenvalue weighted by atomic mass is 32.2. The molecule has 0 saturated carbocycles. The summed E-state index contributed by atoms with van der Waals surface area (Å²) in [5.74, 6) is -0.595. The molecular formula is C29H30N4O3S. The molecule has 4 aromatic carbocycles. The summed E-state index contributed by atoms with van der Waals surface area (Å²) in [6, 6.07) is 25.7. The number of carbonyl (C=O) groups is 1. The average molecular weight is 515 g/mol. The van der Waals surface area contributed by atoms with Gasteiger partial charge >= 0.3 is 0 Å². The second kappa shape index (κ2) is 11.4. The number of nitrogen functional groups attached to an aromatic ring is 1. The zero-order valence-electron chi connectivity index (χ0n) is 20.6. The van der Waals surface area contributed by atoms with E-state index in [0.717, 1.165) is 29.2 Å². The van der Waals surface area contributed by atoms with Crippen LogP contribution in [0.25, 0.3) is 10.8 Å². The maximum Gasteiger partial charge on any atom is 0.242 e. The highest BCUT2D eigenvalue weighted by molar-refractivity contribution is 7.89. The van der Waals surface area contributed by atoms with Gasteiger partial charge in [-0.25, -0.2) is 8.42 Å². The first-order valence-corrected chi connectivity index (χ1v) is 13.6. The highest BCUT2D eigenvalue weighted by Crippen LogP contribution is 2.24. The Morgan fingerprint density at radius 1 is 0.919 bits per heavy atom. The Hall–Kier alpha value is -4.01. The van der Waals surface area contributed by atoms with Crippen LogP contribution in [0, 0.1) is 5.41 Å². The average Bonchev–Trinajstić information content (AvgIpc) is 2.89. The first-order chi connectivity index (χ1) is 17.8. The van der Waals surface area contributed by atoms with Crippen LogP contribution in [0.3, 0.4) is 0 Å². The van der Waals surface area contributed by atoms with Crippen molar-refractivity contribution in [1.82, 2.24) is 4.72 Å². The van der Waals surface area contributed by atoms with Crippen molar-refractivity contribution in [1.29, 1.82) is 5.41 Å². The van der Waals surface area contributed by atoms with Crippen molar-refractivity contribution in [3.8, 4) is 0 Å². The van der Waals surface area contributed by atoms with Crippen LogP contribution in [-0.4, -0.2) is 26.2 Å². The quantitative estimate of drug-likeness (QED) is 0.182. The van der Waals surface area contributed by atoms with Crippen LogP contribution in [-0.2, 0) is 27.7 Å². The molecule has 0 aliphatic rings. The van der Waals surface area contributed by atoms with Crippen LogP contribution in [0.5, 0.6) is 0 Å². The number of nitrogens with two attached hydrogens (primary N) is 1. The van der Waals surface area contributed by atoms with Crippen LogP contribution in [0.2, 0.25) is 0 Å². The Bertz CT molecular complexity index is 1530. The van der Waals surface area contributed by atoms with Gasteiger partial charge in [0, 0.05) is 16.6 Å². The topological polar surface area (TPSA) is 125 Å². The molecule has 1 amide bonds. The van der Waals surface area contributed by atoms with E-state index in [1.165, 1.54) is 0 Å². The van der Waals surface area contributed by atoms with Gasteiger partial charge in [-0.2, -0.15) is 4.72 Å². The number of anilines is 1. The van der Waals surface area contributed by atoms with Crippen molar-refractivity contribution in [2.75, 3.05) is 5.32 Å². The lowest BCUT2D eigenvalue weighted by atomic mass is 10.0. The summed E-state index contributed by atoms with van der Waals surface area (Å²) in [6.07, 6.45) is 1.89. The van der Waals surface area contributed by atoms with Crippen molar-refractivity contribution >= 4 is 38.2 Å². The van der Waals surface area contributed by atoms with Gasteiger partial charge in [-0.3, -0.25) is 10.2 Å². The van der Waals surface area contributed by atoms with E-state index in [1.54, 1.807) is 54.6 Å². The van der Waals surface area contributed by atoms with Gasteiger partial charge in [0.2, 0.25) is 15.9 Å². The third kappa shape index (κ3) is 6.41. The molecule has 0 unspecified atom stereocenters. The zero-order valence-corrected chi connectivity index (χ0v) is 21.4. The van der Waals surface area contributed by atoms with Crippen molar-refractivity contribution in [3.63, 3.8) is 0 Å². The monoisotopic (exact) mass is 514 g/mol. The van der Waals surface area contributed by atoms with E-state index < -0.39 is 22.0 Å². The van der Waals surface area contributed by atoms with Gasteiger partial charge in [-0.05, 0) is 53.6 Å². The van der Waals surface area contributed by atoms with E-state index in [4.69, 9.17) is 11.1 Å². The summed E-state index contributed by atoms with van der Waals surface area (Å²) in [5, 5.41) is 12.4. The summed E-state index contributed by atoms with van der Waals surface area (Å²) < 4.78 is 29.2. The smallest absolute Gasteiger partial charge is 0.242 e. The highest BCUT2D eigenvalue weighted by Gasteiger charge is 2.27. The second-order valence-electron chi connectivity index (χ2n) is 8.90. The molecule has 0 fully saturated rings. The predicted octanol–water partition coefficient (Wildman–Crippen LogP) is 4.60. The van der Waals surface area contributed by atoms with Gasteiger partial charge in [0.15, 0.2) is 0 Å². The minimum Gasteiger partial charge on any atom is -0.384 e. The molecular weight excluding hydrogens is 484 g/mol. The van der Waals surface area contributed by atoms with E-state index in [-0.39, 0.29) is 17.2 Å². The molecule has 0 bridgehead atoms. The summed E-state index contributed by atoms with van der Waals surface area (Å²) in [6.45, 7) is 2.06. The number of fused-ring (bicyclic) bond motifs is 1. The van der Waals surface area contributed by atoms with E-state index in [2.05, 4.69) is 17.0 Å². The Morgan fingerprint density at radius 3 is 2.35 bits per heavy atom. The minimum atomic E-state index is -4.00. The number of amidine groups is 1. The van der Waals surface area contributed by atoms with Gasteiger partial charge in [0.25, 0.3) is 0 Å². The summed E-state index contributed by atoms with van der Waals surface area (Å²) in [7, 11) is -4.00. The van der Waals surface area contributed by atoms with Crippen LogP contribution in [0.4, 0.5) is 5.69 Å². The number of hydrogen-bond acceptors (Lipinski definition) is 4. The van der Waals surface area contributed by atoms with Crippen molar-refractivity contribution in [2.45, 2.75) is 37.1 Å². The first kappa shape index (κ1) is 26.1. The Balaban J connectivity index is 1.65. The number of aryl methyl sites for hydroxylation is 1. The SMILES string of the molecule is CCCc1ccc(S(=O)(=O)N[C@@H](Cc2cccc(C(=N)N)c2)C(=O)Nc2cccc3ccccc23)cc1. The Kier molecular flexibility index (Phi) is 8.01. The van der Waals surface area contributed by atoms with E-state index in [1.807, 2.05) is 36.4 Å². The molecule has 7 nitrogen and oxygen atoms in total. The lowest BCUT2D eigenvalue weighted by Crippen LogP contribution is -2.45. The summed E-state index contributed by atoms with van der Waals surface area (Å²) in [4.78, 5) is 13.6. The summed E-state index contributed by atoms with van der Waals surface area (Å²) >= 11 is 0. The lowest BCUT2D eigenvalue weighted by molar-refractivity contribution is -0.117. The van der Waals surface area contributed by atoms with Gasteiger partial charge in [0.05, 0.1) is 4.90 Å². The molecule has 0 saturated heterocycles. The van der Waals surface area contributed by atoms with E-state index in [0.29, 0.717) is 16.8 Å². The maximum atomic E-state index is 13.5. The van der Waals surface area contributed by atoms with Crippen LogP contribution in [0.1, 0.15) is 30.0 Å². The van der Waals surface area contributed by atoms with Crippen molar-refractivity contribution in [3.05, 3.63) is 108 Å². The Labute approximate surface area is 217 Å². The molecule has 1 atom stereocenters. The molecule has 0 aromatic heterocycles. The standard InChI is InChI=1S/C29H30N4O3S/c1-2-7-20-14-16-24(17-15-20)37(35,36)33-27(19-21-8-5-11-23(18-21)28(30)31)29(34)32-26-13-6-10-22-9-3-4-12-25(22)26/h3-6,8-18,27,33H,2,7,19H2,1H3,(H3,30,31)(H,32,34)/t27-/m0/s1. The minimum absolute atomic E-state index is 0.0743. The largest absolute Gasteiger partial charge is 0.384 e. The molecule has 4 rings (SSSR count). The lowest BCUT2D eigenvalue weighted by Gasteiger charge is -2.20. The molecule has 8 heteroatoms. The molecule has 0 spiro atoms. The fourth-order valence-corrected chi connectivity index (χ4v) is 5.42. The third-order valence-electron chi connectivity index (χ3n) is 6.11. The number of nitrogens with one attached hydrogen (secondary N) is 3. The van der Waals surface area contributed by atoms with E-state index in [9.17, 15) is 13.2 Å². The number of benzene rings is 4. The van der Waals surface area contributed by atoms with Gasteiger partial charge in [-0.1, -0.05) is 80.1 Å². The van der Waals surface area contributed by atoms with Crippen molar-refractivity contribution in [2.24, 2.45) is 5.73 Å². The second-order valence-corrected chi connectivity index (χ2v) is 10.6. The molecule has 5 N–H and O–H groups in total. The van der Waals surface area contributed by atoms with Crippen molar-refractivity contribution < 1.29 is 13.2 Å². The number of sulfonamides is 1. The van der Waals surface area contributed by atoms with E-state index >= 15 is 0 Å². The van der Waals surface area contributed by atoms with Crippen LogP contribution >= 0.6 is 0 Å². The number of carbonyl (C=O) groups excluding carboxylic acids is 1. The van der Waals surface area contributed by atoms with Gasteiger partial charge in [-0.15, -0.1) is 0 Å². The molecule has 37 heavy (non-hydrogen) atoms. The normalized spacial score (nSPS) is 12.2. The zero-order chi connectivity index (χ0) is 26.4. The molecule has 0 aliphatic heterocycles. The number of amides is 1. The molecule has 0 heterocycles. The molecule has 0 radical (unpaired) electrons. The maximum absolute atomic E-state index is 13.5. The fourth-order valence-electron chi connectivity index (χ4n) is 4.22. The molecule has 190 valence electrons. The Morgan fingerprint density at radius 2 is 1.62 bits per heavy atom. The van der Waals surface area contributed by atoms with Crippen LogP contribution < -0.4 is 15.8 Å². The fraction of sp³-hybridized carbons (Fsp3) is 0.172. The number of hydrogen-bond donors (Lipinski definition) is 4. The van der Waals surface area contributed by atoms with Gasteiger partial charge < -0.3 is 11.1 Å².